The van der Waals surface area contributed by atoms with Crippen LogP contribution < -0.4 is 16.6 Å². The van der Waals surface area contributed by atoms with Crippen molar-refractivity contribution in [3.8, 4) is 11.1 Å². The van der Waals surface area contributed by atoms with Crippen LogP contribution in [0.1, 0.15) is 26.5 Å². The van der Waals surface area contributed by atoms with Gasteiger partial charge in [0.1, 0.15) is 15.5 Å². The van der Waals surface area contributed by atoms with Crippen LogP contribution in [-0.2, 0) is 6.54 Å². The lowest BCUT2D eigenvalue weighted by Crippen LogP contribution is -2.22. The summed E-state index contributed by atoms with van der Waals surface area (Å²) in [7, 11) is 0. The van der Waals surface area contributed by atoms with Gasteiger partial charge in [0.05, 0.1) is 11.4 Å². The Morgan fingerprint density at radius 2 is 2.03 bits per heavy atom. The number of benzene rings is 1. The highest BCUT2D eigenvalue weighted by Crippen LogP contribution is 2.34. The molecule has 0 bridgehead atoms. The predicted molar refractivity (Wildman–Crippen MR) is 115 cm³/mol. The molecule has 7 nitrogen and oxygen atoms in total. The van der Waals surface area contributed by atoms with E-state index >= 15 is 0 Å². The summed E-state index contributed by atoms with van der Waals surface area (Å²) in [5, 5.41) is 11.7. The number of aromatic nitrogens is 3. The van der Waals surface area contributed by atoms with Gasteiger partial charge in [0, 0.05) is 29.3 Å². The van der Waals surface area contributed by atoms with Crippen LogP contribution in [0, 0.1) is 19.7 Å². The first-order valence-electron chi connectivity index (χ1n) is 9.13. The van der Waals surface area contributed by atoms with E-state index in [9.17, 15) is 14.0 Å². The number of nitrogens with one attached hydrogen (secondary N) is 2. The molecule has 3 heterocycles. The summed E-state index contributed by atoms with van der Waals surface area (Å²) in [4.78, 5) is 28.0. The Morgan fingerprint density at radius 3 is 2.77 bits per heavy atom. The number of fused-ring (bicyclic) bond motifs is 1. The third-order valence-electron chi connectivity index (χ3n) is 4.94. The molecule has 0 saturated heterocycles. The smallest absolute Gasteiger partial charge is 0.263 e. The monoisotopic (exact) mass is 423 g/mol. The summed E-state index contributed by atoms with van der Waals surface area (Å²) in [5.74, 6) is -0.905. The average Bonchev–Trinajstić information content (AvgIpc) is 3.07. The normalized spacial score (nSPS) is 11.0. The molecule has 0 aliphatic carbocycles. The largest absolute Gasteiger partial charge is 0.397 e. The molecule has 0 aliphatic rings. The number of nitrogen functional groups attached to an aromatic ring is 1. The standard InChI is InChI=1S/C21H18FN5O2S/c1-10-11(2)26-27-21-16(10)17(23)18(30-21)20(29)25-9-12-5-6-13(15(22)8-12)14-4-3-7-24-19(14)28/h3-8H,9,23H2,1-2H3,(H,24,28)(H,25,29). The molecule has 0 spiro atoms. The first-order valence-corrected chi connectivity index (χ1v) is 9.95. The Balaban J connectivity index is 1.55. The first-order chi connectivity index (χ1) is 14.4. The number of amides is 1. The van der Waals surface area contributed by atoms with Gasteiger partial charge in [-0.25, -0.2) is 4.39 Å². The second kappa shape index (κ2) is 7.68. The van der Waals surface area contributed by atoms with Crippen molar-refractivity contribution in [2.24, 2.45) is 0 Å². The summed E-state index contributed by atoms with van der Waals surface area (Å²) in [6, 6.07) is 7.67. The Morgan fingerprint density at radius 1 is 1.23 bits per heavy atom. The van der Waals surface area contributed by atoms with E-state index in [1.54, 1.807) is 18.2 Å². The maximum Gasteiger partial charge on any atom is 0.263 e. The molecule has 0 fully saturated rings. The zero-order valence-electron chi connectivity index (χ0n) is 16.2. The number of carbonyl (C=O) groups is 1. The molecule has 0 unspecified atom stereocenters. The second-order valence-corrected chi connectivity index (χ2v) is 7.84. The number of nitrogens with two attached hydrogens (primary N) is 1. The third kappa shape index (κ3) is 3.43. The van der Waals surface area contributed by atoms with Crippen molar-refractivity contribution in [2.75, 3.05) is 5.73 Å². The molecule has 0 radical (unpaired) electrons. The molecule has 0 atom stereocenters. The minimum Gasteiger partial charge on any atom is -0.397 e. The molecule has 3 aromatic heterocycles. The molecule has 1 amide bonds. The van der Waals surface area contributed by atoms with Crippen LogP contribution in [-0.4, -0.2) is 21.1 Å². The molecule has 9 heteroatoms. The number of rotatable bonds is 4. The van der Waals surface area contributed by atoms with Crippen molar-refractivity contribution < 1.29 is 9.18 Å². The topological polar surface area (TPSA) is 114 Å². The van der Waals surface area contributed by atoms with Gasteiger partial charge in [0.25, 0.3) is 11.5 Å². The number of aryl methyl sites for hydroxylation is 2. The molecule has 4 rings (SSSR count). The van der Waals surface area contributed by atoms with Crippen LogP contribution in [0.25, 0.3) is 21.3 Å². The van der Waals surface area contributed by atoms with E-state index in [0.717, 1.165) is 16.6 Å². The Bertz CT molecular complexity index is 1350. The van der Waals surface area contributed by atoms with Crippen LogP contribution in [0.15, 0.2) is 41.3 Å². The Kier molecular flexibility index (Phi) is 5.04. The van der Waals surface area contributed by atoms with Gasteiger partial charge in [-0.05, 0) is 43.2 Å². The number of thiophene rings is 1. The zero-order chi connectivity index (χ0) is 21.4. The van der Waals surface area contributed by atoms with Crippen molar-refractivity contribution in [1.82, 2.24) is 20.5 Å². The van der Waals surface area contributed by atoms with Gasteiger partial charge in [-0.1, -0.05) is 12.1 Å². The van der Waals surface area contributed by atoms with Crippen LogP contribution in [0.2, 0.25) is 0 Å². The number of pyridine rings is 1. The number of anilines is 1. The molecule has 0 saturated carbocycles. The second-order valence-electron chi connectivity index (χ2n) is 6.85. The van der Waals surface area contributed by atoms with E-state index in [1.165, 1.54) is 29.7 Å². The van der Waals surface area contributed by atoms with Crippen molar-refractivity contribution >= 4 is 33.1 Å². The Hall–Kier alpha value is -3.59. The van der Waals surface area contributed by atoms with Crippen molar-refractivity contribution in [3.05, 3.63) is 74.4 Å². The molecule has 1 aromatic carbocycles. The highest BCUT2D eigenvalue weighted by atomic mass is 32.1. The predicted octanol–water partition coefficient (Wildman–Crippen LogP) is 3.31. The SMILES string of the molecule is Cc1nnc2sc(C(=O)NCc3ccc(-c4ccc[nH]c4=O)c(F)c3)c(N)c2c1C. The molecule has 152 valence electrons. The number of hydrogen-bond donors (Lipinski definition) is 3. The lowest BCUT2D eigenvalue weighted by Gasteiger charge is -2.08. The number of nitrogens with zero attached hydrogens (tertiary/aromatic N) is 2. The summed E-state index contributed by atoms with van der Waals surface area (Å²) in [5.41, 5.74) is 8.84. The van der Waals surface area contributed by atoms with Gasteiger partial charge in [0.2, 0.25) is 0 Å². The van der Waals surface area contributed by atoms with Crippen LogP contribution in [0.5, 0.6) is 0 Å². The zero-order valence-corrected chi connectivity index (χ0v) is 17.1. The highest BCUT2D eigenvalue weighted by molar-refractivity contribution is 7.21. The summed E-state index contributed by atoms with van der Waals surface area (Å²) < 4.78 is 14.6. The fourth-order valence-corrected chi connectivity index (χ4v) is 4.21. The van der Waals surface area contributed by atoms with E-state index in [4.69, 9.17) is 5.73 Å². The lowest BCUT2D eigenvalue weighted by atomic mass is 10.0. The minimum atomic E-state index is -0.541. The van der Waals surface area contributed by atoms with E-state index < -0.39 is 5.82 Å². The van der Waals surface area contributed by atoms with E-state index in [-0.39, 0.29) is 29.1 Å². The molecule has 4 N–H and O–H groups in total. The lowest BCUT2D eigenvalue weighted by molar-refractivity contribution is 0.0955. The van der Waals surface area contributed by atoms with Gasteiger partial charge in [-0.2, -0.15) is 5.10 Å². The number of aromatic amines is 1. The number of H-pyrrole nitrogens is 1. The maximum absolute atomic E-state index is 14.6. The van der Waals surface area contributed by atoms with E-state index in [0.29, 0.717) is 21.0 Å². The van der Waals surface area contributed by atoms with Crippen molar-refractivity contribution in [3.63, 3.8) is 0 Å². The fraction of sp³-hybridized carbons (Fsp3) is 0.143. The van der Waals surface area contributed by atoms with Crippen molar-refractivity contribution in [1.29, 1.82) is 0 Å². The molecule has 4 aromatic rings. The Labute approximate surface area is 174 Å². The number of halogens is 1. The number of hydrogen-bond acceptors (Lipinski definition) is 6. The third-order valence-corrected chi connectivity index (χ3v) is 6.02. The highest BCUT2D eigenvalue weighted by Gasteiger charge is 2.20. The van der Waals surface area contributed by atoms with Gasteiger partial charge < -0.3 is 16.0 Å². The first kappa shape index (κ1) is 19.7. The molecule has 30 heavy (non-hydrogen) atoms. The molecular formula is C21H18FN5O2S. The fourth-order valence-electron chi connectivity index (χ4n) is 3.19. The summed E-state index contributed by atoms with van der Waals surface area (Å²) in [6.45, 7) is 3.83. The van der Waals surface area contributed by atoms with E-state index in [2.05, 4.69) is 20.5 Å². The molecule has 0 aliphatic heterocycles. The van der Waals surface area contributed by atoms with Gasteiger partial charge in [-0.15, -0.1) is 16.4 Å². The van der Waals surface area contributed by atoms with Gasteiger partial charge in [0.15, 0.2) is 0 Å². The van der Waals surface area contributed by atoms with Crippen molar-refractivity contribution in [2.45, 2.75) is 20.4 Å². The number of carbonyl (C=O) groups excluding carboxylic acids is 1. The van der Waals surface area contributed by atoms with Gasteiger partial charge in [-0.3, -0.25) is 9.59 Å². The maximum atomic E-state index is 14.6. The molecular weight excluding hydrogens is 405 g/mol. The summed E-state index contributed by atoms with van der Waals surface area (Å²) in [6.07, 6.45) is 1.49. The van der Waals surface area contributed by atoms with E-state index in [1.807, 2.05) is 13.8 Å². The average molecular weight is 423 g/mol. The minimum absolute atomic E-state index is 0.110. The summed E-state index contributed by atoms with van der Waals surface area (Å²) >= 11 is 1.17. The van der Waals surface area contributed by atoms with Gasteiger partial charge >= 0.3 is 0 Å². The van der Waals surface area contributed by atoms with Crippen LogP contribution >= 0.6 is 11.3 Å². The van der Waals surface area contributed by atoms with Crippen LogP contribution in [0.4, 0.5) is 10.1 Å². The van der Waals surface area contributed by atoms with Crippen LogP contribution in [0.3, 0.4) is 0 Å². The quantitative estimate of drug-likeness (QED) is 0.466.